The van der Waals surface area contributed by atoms with E-state index in [0.29, 0.717) is 22.6 Å². The van der Waals surface area contributed by atoms with Gasteiger partial charge >= 0.3 is 6.18 Å². The van der Waals surface area contributed by atoms with Crippen LogP contribution in [0.5, 0.6) is 0 Å². The summed E-state index contributed by atoms with van der Waals surface area (Å²) in [4.78, 5) is 0. The molecule has 0 bridgehead atoms. The monoisotopic (exact) mass is 284 g/mol. The number of aliphatic hydroxyl groups excluding tert-OH is 1. The topological polar surface area (TPSA) is 33.4 Å². The van der Waals surface area contributed by atoms with Crippen LogP contribution in [0.15, 0.2) is 34.7 Å². The van der Waals surface area contributed by atoms with Crippen LogP contribution in [0, 0.1) is 13.8 Å². The molecule has 0 spiro atoms. The lowest BCUT2D eigenvalue weighted by Gasteiger charge is -2.12. The lowest BCUT2D eigenvalue weighted by atomic mass is 10.00. The molecule has 0 amide bonds. The van der Waals surface area contributed by atoms with Crippen molar-refractivity contribution in [2.75, 3.05) is 0 Å². The largest absolute Gasteiger partial charge is 0.466 e. The smallest absolute Gasteiger partial charge is 0.416 e. The van der Waals surface area contributed by atoms with Crippen molar-refractivity contribution in [3.8, 4) is 0 Å². The number of aryl methyl sites for hydroxylation is 2. The molecular formula is C15H15F3O2. The van der Waals surface area contributed by atoms with Gasteiger partial charge < -0.3 is 9.52 Å². The zero-order chi connectivity index (χ0) is 14.9. The first-order valence-electron chi connectivity index (χ1n) is 6.18. The van der Waals surface area contributed by atoms with Gasteiger partial charge in [0.05, 0.1) is 11.7 Å². The number of halogens is 3. The summed E-state index contributed by atoms with van der Waals surface area (Å²) < 4.78 is 43.2. The molecule has 0 radical (unpaired) electrons. The second kappa shape index (κ2) is 5.32. The summed E-state index contributed by atoms with van der Waals surface area (Å²) >= 11 is 0. The van der Waals surface area contributed by atoms with Gasteiger partial charge in [-0.05, 0) is 31.5 Å². The fourth-order valence-corrected chi connectivity index (χ4v) is 2.19. The molecule has 0 fully saturated rings. The summed E-state index contributed by atoms with van der Waals surface area (Å²) in [5.41, 5.74) is 0.341. The van der Waals surface area contributed by atoms with Crippen molar-refractivity contribution in [3.05, 3.63) is 58.5 Å². The highest BCUT2D eigenvalue weighted by Crippen LogP contribution is 2.31. The predicted molar refractivity (Wildman–Crippen MR) is 68.3 cm³/mol. The Morgan fingerprint density at radius 1 is 1.20 bits per heavy atom. The minimum Gasteiger partial charge on any atom is -0.466 e. The van der Waals surface area contributed by atoms with Gasteiger partial charge in [-0.1, -0.05) is 18.2 Å². The zero-order valence-corrected chi connectivity index (χ0v) is 11.2. The van der Waals surface area contributed by atoms with E-state index in [2.05, 4.69) is 0 Å². The molecule has 2 aromatic rings. The number of rotatable bonds is 3. The van der Waals surface area contributed by atoms with Gasteiger partial charge in [0.2, 0.25) is 0 Å². The number of benzene rings is 1. The van der Waals surface area contributed by atoms with E-state index in [0.717, 1.165) is 12.1 Å². The Bertz CT molecular complexity index is 599. The molecule has 1 unspecified atom stereocenters. The fourth-order valence-electron chi connectivity index (χ4n) is 2.19. The van der Waals surface area contributed by atoms with Crippen molar-refractivity contribution in [3.63, 3.8) is 0 Å². The maximum atomic E-state index is 12.6. The summed E-state index contributed by atoms with van der Waals surface area (Å²) in [6.45, 7) is 3.48. The molecule has 0 aliphatic heterocycles. The molecule has 2 nitrogen and oxygen atoms in total. The predicted octanol–water partition coefficient (Wildman–Crippen LogP) is 4.19. The van der Waals surface area contributed by atoms with Gasteiger partial charge in [-0.3, -0.25) is 0 Å². The van der Waals surface area contributed by atoms with Crippen molar-refractivity contribution in [1.29, 1.82) is 0 Å². The Kier molecular flexibility index (Phi) is 3.90. The first-order chi connectivity index (χ1) is 9.27. The average molecular weight is 284 g/mol. The molecule has 1 N–H and O–H groups in total. The quantitative estimate of drug-likeness (QED) is 0.916. The SMILES string of the molecule is Cc1cc(C(O)Cc2cccc(C(F)(F)F)c2)c(C)o1. The second-order valence-corrected chi connectivity index (χ2v) is 4.79. The molecule has 1 atom stereocenters. The van der Waals surface area contributed by atoms with Crippen LogP contribution >= 0.6 is 0 Å². The van der Waals surface area contributed by atoms with Crippen LogP contribution in [-0.4, -0.2) is 5.11 Å². The van der Waals surface area contributed by atoms with E-state index in [9.17, 15) is 18.3 Å². The van der Waals surface area contributed by atoms with Crippen LogP contribution in [0.2, 0.25) is 0 Å². The normalized spacial score (nSPS) is 13.5. The maximum Gasteiger partial charge on any atom is 0.416 e. The van der Waals surface area contributed by atoms with Crippen LogP contribution in [0.1, 0.15) is 34.3 Å². The highest BCUT2D eigenvalue weighted by atomic mass is 19.4. The molecule has 0 saturated heterocycles. The lowest BCUT2D eigenvalue weighted by Crippen LogP contribution is -2.07. The van der Waals surface area contributed by atoms with Gasteiger partial charge in [0.1, 0.15) is 11.5 Å². The zero-order valence-electron chi connectivity index (χ0n) is 11.2. The molecule has 2 rings (SSSR count). The lowest BCUT2D eigenvalue weighted by molar-refractivity contribution is -0.137. The fraction of sp³-hybridized carbons (Fsp3) is 0.333. The molecule has 1 aromatic heterocycles. The molecule has 1 aromatic carbocycles. The molecule has 0 aliphatic carbocycles. The number of hydrogen-bond acceptors (Lipinski definition) is 2. The number of furan rings is 1. The number of aliphatic hydroxyl groups is 1. The van der Waals surface area contributed by atoms with Crippen LogP contribution in [0.4, 0.5) is 13.2 Å². The summed E-state index contributed by atoms with van der Waals surface area (Å²) in [7, 11) is 0. The van der Waals surface area contributed by atoms with Crippen molar-refractivity contribution in [1.82, 2.24) is 0 Å². The molecule has 5 heteroatoms. The van der Waals surface area contributed by atoms with E-state index in [1.54, 1.807) is 26.0 Å². The van der Waals surface area contributed by atoms with E-state index < -0.39 is 17.8 Å². The Hall–Kier alpha value is -1.75. The highest BCUT2D eigenvalue weighted by molar-refractivity contribution is 5.29. The van der Waals surface area contributed by atoms with E-state index in [4.69, 9.17) is 4.42 Å². The molecular weight excluding hydrogens is 269 g/mol. The van der Waals surface area contributed by atoms with Crippen LogP contribution < -0.4 is 0 Å². The van der Waals surface area contributed by atoms with Crippen molar-refractivity contribution >= 4 is 0 Å². The molecule has 108 valence electrons. The number of alkyl halides is 3. The summed E-state index contributed by atoms with van der Waals surface area (Å²) in [5, 5.41) is 10.1. The van der Waals surface area contributed by atoms with Crippen LogP contribution in [0.25, 0.3) is 0 Å². The minimum atomic E-state index is -4.37. The minimum absolute atomic E-state index is 0.115. The molecule has 0 saturated carbocycles. The van der Waals surface area contributed by atoms with Gasteiger partial charge in [0, 0.05) is 12.0 Å². The highest BCUT2D eigenvalue weighted by Gasteiger charge is 2.30. The van der Waals surface area contributed by atoms with E-state index in [1.165, 1.54) is 6.07 Å². The Balaban J connectivity index is 2.20. The van der Waals surface area contributed by atoms with Gasteiger partial charge in [0.25, 0.3) is 0 Å². The maximum absolute atomic E-state index is 12.6. The first kappa shape index (κ1) is 14.7. The van der Waals surface area contributed by atoms with Gasteiger partial charge in [-0.25, -0.2) is 0 Å². The van der Waals surface area contributed by atoms with Crippen LogP contribution in [0.3, 0.4) is 0 Å². The summed E-state index contributed by atoms with van der Waals surface area (Å²) in [5.74, 6) is 1.25. The van der Waals surface area contributed by atoms with Crippen molar-refractivity contribution in [2.45, 2.75) is 32.5 Å². The average Bonchev–Trinajstić information content (AvgIpc) is 2.68. The Morgan fingerprint density at radius 3 is 2.45 bits per heavy atom. The van der Waals surface area contributed by atoms with Gasteiger partial charge in [0.15, 0.2) is 0 Å². The third kappa shape index (κ3) is 3.22. The van der Waals surface area contributed by atoms with Crippen molar-refractivity contribution < 1.29 is 22.7 Å². The standard InChI is InChI=1S/C15H15F3O2/c1-9-6-13(10(2)20-9)14(19)8-11-4-3-5-12(7-11)15(16,17)18/h3-7,14,19H,8H2,1-2H3. The molecule has 1 heterocycles. The third-order valence-corrected chi connectivity index (χ3v) is 3.12. The van der Waals surface area contributed by atoms with Crippen molar-refractivity contribution in [2.24, 2.45) is 0 Å². The number of hydrogen-bond donors (Lipinski definition) is 1. The van der Waals surface area contributed by atoms with Crippen LogP contribution in [-0.2, 0) is 12.6 Å². The molecule has 20 heavy (non-hydrogen) atoms. The van der Waals surface area contributed by atoms with Gasteiger partial charge in [-0.15, -0.1) is 0 Å². The summed E-state index contributed by atoms with van der Waals surface area (Å²) in [6, 6.07) is 6.70. The second-order valence-electron chi connectivity index (χ2n) is 4.79. The Morgan fingerprint density at radius 2 is 1.90 bits per heavy atom. The first-order valence-corrected chi connectivity index (χ1v) is 6.18. The van der Waals surface area contributed by atoms with Gasteiger partial charge in [-0.2, -0.15) is 13.2 Å². The Labute approximate surface area is 114 Å². The van der Waals surface area contributed by atoms with E-state index in [1.807, 2.05) is 0 Å². The van der Waals surface area contributed by atoms with E-state index >= 15 is 0 Å². The molecule has 0 aliphatic rings. The summed E-state index contributed by atoms with van der Waals surface area (Å²) in [6.07, 6.45) is -5.14. The third-order valence-electron chi connectivity index (χ3n) is 3.12. The van der Waals surface area contributed by atoms with E-state index in [-0.39, 0.29) is 6.42 Å².